The Morgan fingerprint density at radius 2 is 2.16 bits per heavy atom. The zero-order valence-electron chi connectivity index (χ0n) is 13.1. The average molecular weight is 406 g/mol. The highest BCUT2D eigenvalue weighted by Gasteiger charge is 2.13. The van der Waals surface area contributed by atoms with Gasteiger partial charge < -0.3 is 14.6 Å². The van der Waals surface area contributed by atoms with Crippen molar-refractivity contribution >= 4 is 21.8 Å². The number of amides is 1. The van der Waals surface area contributed by atoms with Crippen LogP contribution in [0.2, 0.25) is 0 Å². The molecule has 0 aliphatic rings. The first-order valence-corrected chi connectivity index (χ1v) is 8.06. The van der Waals surface area contributed by atoms with Crippen molar-refractivity contribution in [2.24, 2.45) is 0 Å². The summed E-state index contributed by atoms with van der Waals surface area (Å²) in [6.45, 7) is 0.0352. The number of benzene rings is 2. The fraction of sp³-hybridized carbons (Fsp3) is 0.118. The summed E-state index contributed by atoms with van der Waals surface area (Å²) in [6.07, 6.45) is 0. The number of methoxy groups -OCH3 is 1. The van der Waals surface area contributed by atoms with E-state index in [1.54, 1.807) is 0 Å². The van der Waals surface area contributed by atoms with Gasteiger partial charge in [0.25, 0.3) is 5.91 Å². The summed E-state index contributed by atoms with van der Waals surface area (Å²) in [5.41, 5.74) is 0.956. The molecular formula is C17H13BrFN3O3. The fourth-order valence-electron chi connectivity index (χ4n) is 2.14. The lowest BCUT2D eigenvalue weighted by atomic mass is 10.2. The van der Waals surface area contributed by atoms with Crippen LogP contribution in [0.5, 0.6) is 5.75 Å². The monoisotopic (exact) mass is 405 g/mol. The molecule has 0 aliphatic carbocycles. The number of nitrogens with zero attached hydrogens (tertiary/aromatic N) is 2. The molecule has 0 fully saturated rings. The van der Waals surface area contributed by atoms with Gasteiger partial charge in [0.1, 0.15) is 0 Å². The van der Waals surface area contributed by atoms with Crippen LogP contribution in [0.1, 0.15) is 16.2 Å². The summed E-state index contributed by atoms with van der Waals surface area (Å²) in [4.78, 5) is 16.3. The number of carbonyl (C=O) groups excluding carboxylic acids is 1. The predicted molar refractivity (Wildman–Crippen MR) is 91.6 cm³/mol. The van der Waals surface area contributed by atoms with Crippen LogP contribution in [-0.2, 0) is 6.54 Å². The molecule has 0 saturated carbocycles. The lowest BCUT2D eigenvalue weighted by molar-refractivity contribution is 0.0945. The molecule has 1 amide bonds. The molecule has 0 bridgehead atoms. The SMILES string of the molecule is COc1ccc(C(=O)NCc2nc(-c3cccc(Br)c3)no2)cc1F. The molecule has 0 saturated heterocycles. The second kappa shape index (κ2) is 7.43. The first-order chi connectivity index (χ1) is 12.1. The molecule has 1 aromatic heterocycles. The van der Waals surface area contributed by atoms with Crippen LogP contribution in [0.25, 0.3) is 11.4 Å². The molecule has 0 aliphatic heterocycles. The third-order valence-corrected chi connectivity index (χ3v) is 3.86. The van der Waals surface area contributed by atoms with Gasteiger partial charge in [-0.15, -0.1) is 0 Å². The van der Waals surface area contributed by atoms with E-state index < -0.39 is 11.7 Å². The van der Waals surface area contributed by atoms with Crippen molar-refractivity contribution in [2.45, 2.75) is 6.54 Å². The van der Waals surface area contributed by atoms with E-state index >= 15 is 0 Å². The third kappa shape index (κ3) is 4.03. The maximum Gasteiger partial charge on any atom is 0.251 e. The Hall–Kier alpha value is -2.74. The first kappa shape index (κ1) is 17.1. The van der Waals surface area contributed by atoms with Crippen molar-refractivity contribution < 1.29 is 18.4 Å². The Labute approximate surface area is 151 Å². The van der Waals surface area contributed by atoms with Crippen LogP contribution in [0.3, 0.4) is 0 Å². The van der Waals surface area contributed by atoms with Crippen molar-refractivity contribution in [1.82, 2.24) is 15.5 Å². The number of hydrogen-bond acceptors (Lipinski definition) is 5. The molecule has 3 aromatic rings. The Balaban J connectivity index is 1.66. The van der Waals surface area contributed by atoms with Gasteiger partial charge >= 0.3 is 0 Å². The molecule has 1 heterocycles. The minimum absolute atomic E-state index is 0.0352. The van der Waals surface area contributed by atoms with Crippen molar-refractivity contribution in [3.63, 3.8) is 0 Å². The summed E-state index contributed by atoms with van der Waals surface area (Å²) in [5.74, 6) is -0.320. The number of aromatic nitrogens is 2. The first-order valence-electron chi connectivity index (χ1n) is 7.27. The second-order valence-electron chi connectivity index (χ2n) is 5.05. The molecule has 2 aromatic carbocycles. The zero-order chi connectivity index (χ0) is 17.8. The number of halogens is 2. The molecular weight excluding hydrogens is 393 g/mol. The zero-order valence-corrected chi connectivity index (χ0v) is 14.7. The maximum absolute atomic E-state index is 13.6. The molecule has 8 heteroatoms. The maximum atomic E-state index is 13.6. The topological polar surface area (TPSA) is 77.2 Å². The van der Waals surface area contributed by atoms with Gasteiger partial charge in [-0.05, 0) is 30.3 Å². The molecule has 1 N–H and O–H groups in total. The minimum Gasteiger partial charge on any atom is -0.494 e. The van der Waals surface area contributed by atoms with Crippen LogP contribution in [0.4, 0.5) is 4.39 Å². The van der Waals surface area contributed by atoms with Crippen LogP contribution in [0.15, 0.2) is 51.5 Å². The Morgan fingerprint density at radius 1 is 1.32 bits per heavy atom. The average Bonchev–Trinajstić information content (AvgIpc) is 3.08. The van der Waals surface area contributed by atoms with Crippen molar-refractivity contribution in [1.29, 1.82) is 0 Å². The van der Waals surface area contributed by atoms with Gasteiger partial charge in [-0.1, -0.05) is 33.2 Å². The normalized spacial score (nSPS) is 10.5. The number of hydrogen-bond donors (Lipinski definition) is 1. The number of nitrogens with one attached hydrogen (secondary N) is 1. The predicted octanol–water partition coefficient (Wildman–Crippen LogP) is 3.58. The van der Waals surface area contributed by atoms with E-state index in [2.05, 4.69) is 31.4 Å². The summed E-state index contributed by atoms with van der Waals surface area (Å²) < 4.78 is 24.5. The van der Waals surface area contributed by atoms with Crippen molar-refractivity contribution in [2.75, 3.05) is 7.11 Å². The summed E-state index contributed by atoms with van der Waals surface area (Å²) in [5, 5.41) is 6.48. The van der Waals surface area contributed by atoms with E-state index in [1.807, 2.05) is 24.3 Å². The van der Waals surface area contributed by atoms with E-state index in [-0.39, 0.29) is 23.7 Å². The van der Waals surface area contributed by atoms with Crippen LogP contribution >= 0.6 is 15.9 Å². The van der Waals surface area contributed by atoms with E-state index in [4.69, 9.17) is 9.26 Å². The van der Waals surface area contributed by atoms with Crippen LogP contribution in [0, 0.1) is 5.82 Å². The van der Waals surface area contributed by atoms with Crippen LogP contribution in [-0.4, -0.2) is 23.2 Å². The molecule has 0 spiro atoms. The van der Waals surface area contributed by atoms with E-state index in [9.17, 15) is 9.18 Å². The smallest absolute Gasteiger partial charge is 0.251 e. The summed E-state index contributed by atoms with van der Waals surface area (Å²) in [6, 6.07) is 11.4. The largest absolute Gasteiger partial charge is 0.494 e. The van der Waals surface area contributed by atoms with Gasteiger partial charge in [-0.25, -0.2) is 4.39 Å². The van der Waals surface area contributed by atoms with Gasteiger partial charge in [0, 0.05) is 15.6 Å². The molecule has 128 valence electrons. The third-order valence-electron chi connectivity index (χ3n) is 3.37. The Bertz CT molecular complexity index is 914. The van der Waals surface area contributed by atoms with Gasteiger partial charge in [0.05, 0.1) is 13.7 Å². The Kier molecular flexibility index (Phi) is 5.08. The van der Waals surface area contributed by atoms with E-state index in [0.29, 0.717) is 5.82 Å². The fourth-order valence-corrected chi connectivity index (χ4v) is 2.54. The molecule has 25 heavy (non-hydrogen) atoms. The highest BCUT2D eigenvalue weighted by Crippen LogP contribution is 2.20. The lowest BCUT2D eigenvalue weighted by Gasteiger charge is -2.05. The van der Waals surface area contributed by atoms with E-state index in [1.165, 1.54) is 19.2 Å². The van der Waals surface area contributed by atoms with Gasteiger partial charge in [0.15, 0.2) is 11.6 Å². The standard InChI is InChI=1S/C17H13BrFN3O3/c1-24-14-6-5-11(8-13(14)19)17(23)20-9-15-21-16(22-25-15)10-3-2-4-12(18)7-10/h2-8H,9H2,1H3,(H,20,23). The molecule has 0 radical (unpaired) electrons. The second-order valence-corrected chi connectivity index (χ2v) is 5.97. The van der Waals surface area contributed by atoms with Crippen molar-refractivity contribution in [3.05, 3.63) is 64.2 Å². The quantitative estimate of drug-likeness (QED) is 0.701. The summed E-state index contributed by atoms with van der Waals surface area (Å²) in [7, 11) is 1.36. The van der Waals surface area contributed by atoms with E-state index in [0.717, 1.165) is 16.1 Å². The molecule has 0 unspecified atom stereocenters. The molecule has 3 rings (SSSR count). The van der Waals surface area contributed by atoms with Gasteiger partial charge in [-0.2, -0.15) is 4.98 Å². The highest BCUT2D eigenvalue weighted by molar-refractivity contribution is 9.10. The van der Waals surface area contributed by atoms with Gasteiger partial charge in [-0.3, -0.25) is 4.79 Å². The summed E-state index contributed by atoms with van der Waals surface area (Å²) >= 11 is 3.38. The highest BCUT2D eigenvalue weighted by atomic mass is 79.9. The van der Waals surface area contributed by atoms with Gasteiger partial charge in [0.2, 0.25) is 11.7 Å². The van der Waals surface area contributed by atoms with Crippen LogP contribution < -0.4 is 10.1 Å². The lowest BCUT2D eigenvalue weighted by Crippen LogP contribution is -2.23. The molecule has 6 nitrogen and oxygen atoms in total. The van der Waals surface area contributed by atoms with Crippen molar-refractivity contribution in [3.8, 4) is 17.1 Å². The number of rotatable bonds is 5. The number of ether oxygens (including phenoxy) is 1. The number of carbonyl (C=O) groups is 1. The molecule has 0 atom stereocenters. The Morgan fingerprint density at radius 3 is 2.88 bits per heavy atom. The minimum atomic E-state index is -0.607.